The van der Waals surface area contributed by atoms with Crippen LogP contribution in [0, 0.1) is 0 Å². The van der Waals surface area contributed by atoms with Crippen molar-refractivity contribution in [2.24, 2.45) is 0 Å². The Labute approximate surface area is 148 Å². The highest BCUT2D eigenvalue weighted by Crippen LogP contribution is 2.30. The molecule has 0 aromatic heterocycles. The van der Waals surface area contributed by atoms with Crippen LogP contribution in [0.15, 0.2) is 29.2 Å². The molecule has 1 amide bonds. The summed E-state index contributed by atoms with van der Waals surface area (Å²) in [5.41, 5.74) is 0.187. The van der Waals surface area contributed by atoms with Crippen molar-refractivity contribution in [1.82, 2.24) is 4.31 Å². The first-order chi connectivity index (χ1) is 11.8. The molecule has 0 spiro atoms. The third-order valence-corrected chi connectivity index (χ3v) is 8.46. The molecule has 1 aromatic rings. The van der Waals surface area contributed by atoms with Gasteiger partial charge in [0.2, 0.25) is 26.0 Å². The van der Waals surface area contributed by atoms with Gasteiger partial charge in [-0.25, -0.2) is 21.1 Å². The number of hydrogen-bond donors (Lipinski definition) is 0. The predicted molar refractivity (Wildman–Crippen MR) is 94.2 cm³/mol. The zero-order valence-electron chi connectivity index (χ0n) is 14.1. The lowest BCUT2D eigenvalue weighted by Crippen LogP contribution is -2.43. The van der Waals surface area contributed by atoms with Gasteiger partial charge >= 0.3 is 0 Å². The summed E-state index contributed by atoms with van der Waals surface area (Å²) in [6.07, 6.45) is 3.44. The van der Waals surface area contributed by atoms with Crippen LogP contribution in [-0.2, 0) is 24.8 Å². The normalized spacial score (nSPS) is 24.6. The molecule has 0 unspecified atom stereocenters. The van der Waals surface area contributed by atoms with Crippen molar-refractivity contribution in [1.29, 1.82) is 0 Å². The maximum absolute atomic E-state index is 12.9. The first-order valence-electron chi connectivity index (χ1n) is 8.45. The smallest absolute Gasteiger partial charge is 0.243 e. The van der Waals surface area contributed by atoms with Crippen LogP contribution in [0.2, 0.25) is 0 Å². The number of carbonyl (C=O) groups is 1. The summed E-state index contributed by atoms with van der Waals surface area (Å²) in [6.45, 7) is 2.48. The summed E-state index contributed by atoms with van der Waals surface area (Å²) in [7, 11) is -7.27. The molecule has 7 nitrogen and oxygen atoms in total. The van der Waals surface area contributed by atoms with E-state index in [9.17, 15) is 21.6 Å². The van der Waals surface area contributed by atoms with Crippen molar-refractivity contribution in [2.45, 2.75) is 50.0 Å². The molecule has 0 bridgehead atoms. The van der Waals surface area contributed by atoms with E-state index in [0.29, 0.717) is 6.54 Å². The van der Waals surface area contributed by atoms with Gasteiger partial charge in [-0.2, -0.15) is 4.31 Å². The number of hydrogen-bond acceptors (Lipinski definition) is 5. The molecule has 25 heavy (non-hydrogen) atoms. The van der Waals surface area contributed by atoms with Gasteiger partial charge in [-0.1, -0.05) is 13.3 Å². The van der Waals surface area contributed by atoms with E-state index in [-0.39, 0.29) is 28.8 Å². The fraction of sp³-hybridized carbons (Fsp3) is 0.562. The zero-order chi connectivity index (χ0) is 18.2. The highest BCUT2D eigenvalue weighted by atomic mass is 32.2. The van der Waals surface area contributed by atoms with E-state index in [1.165, 1.54) is 24.3 Å². The fourth-order valence-corrected chi connectivity index (χ4v) is 6.68. The summed E-state index contributed by atoms with van der Waals surface area (Å²) < 4.78 is 52.0. The first-order valence-corrected chi connectivity index (χ1v) is 11.5. The van der Waals surface area contributed by atoms with Gasteiger partial charge in [0.15, 0.2) is 0 Å². The van der Waals surface area contributed by atoms with E-state index in [2.05, 4.69) is 0 Å². The van der Waals surface area contributed by atoms with Gasteiger partial charge in [0.1, 0.15) is 0 Å². The van der Waals surface area contributed by atoms with Crippen molar-refractivity contribution in [3.05, 3.63) is 24.3 Å². The number of benzene rings is 1. The van der Waals surface area contributed by atoms with Crippen molar-refractivity contribution in [3.8, 4) is 0 Å². The number of anilines is 1. The minimum Gasteiger partial charge on any atom is -0.273 e. The zero-order valence-corrected chi connectivity index (χ0v) is 15.7. The minimum absolute atomic E-state index is 0.000959. The molecule has 3 rings (SSSR count). The Morgan fingerprint density at radius 3 is 2.40 bits per heavy atom. The first kappa shape index (κ1) is 18.3. The second-order valence-corrected chi connectivity index (χ2v) is 10.2. The maximum Gasteiger partial charge on any atom is 0.243 e. The molecule has 2 fully saturated rings. The molecule has 1 atom stereocenters. The van der Waals surface area contributed by atoms with Gasteiger partial charge in [0.25, 0.3) is 0 Å². The standard InChI is InChI=1S/C16H22N2O5S2/c1-2-13-5-3-4-11-17(13)25(22,23)15-8-6-14(7-9-15)18-16(19)10-12-24(18,20)21/h6-9,13H,2-5,10-12H2,1H3/t13-/m1/s1. The summed E-state index contributed by atoms with van der Waals surface area (Å²) in [4.78, 5) is 11.9. The van der Waals surface area contributed by atoms with Crippen LogP contribution in [0.3, 0.4) is 0 Å². The lowest BCUT2D eigenvalue weighted by atomic mass is 10.0. The molecule has 2 saturated heterocycles. The topological polar surface area (TPSA) is 91.8 Å². The highest BCUT2D eigenvalue weighted by Gasteiger charge is 2.37. The molecular formula is C16H22N2O5S2. The van der Waals surface area contributed by atoms with Gasteiger partial charge < -0.3 is 0 Å². The van der Waals surface area contributed by atoms with E-state index in [0.717, 1.165) is 30.0 Å². The third-order valence-electron chi connectivity index (χ3n) is 4.80. The SMILES string of the molecule is CC[C@@H]1CCCCN1S(=O)(=O)c1ccc(N2C(=O)CCS2(=O)=O)cc1. The lowest BCUT2D eigenvalue weighted by Gasteiger charge is -2.34. The average Bonchev–Trinajstić information content (AvgIpc) is 2.87. The summed E-state index contributed by atoms with van der Waals surface area (Å²) >= 11 is 0. The van der Waals surface area contributed by atoms with Crippen LogP contribution < -0.4 is 4.31 Å². The number of nitrogens with zero attached hydrogens (tertiary/aromatic N) is 2. The number of sulfonamides is 2. The Balaban J connectivity index is 1.90. The van der Waals surface area contributed by atoms with Gasteiger partial charge in [0.05, 0.1) is 16.3 Å². The second kappa shape index (κ2) is 6.69. The largest absolute Gasteiger partial charge is 0.273 e. The molecule has 2 aliphatic heterocycles. The van der Waals surface area contributed by atoms with Crippen LogP contribution >= 0.6 is 0 Å². The van der Waals surface area contributed by atoms with E-state index < -0.39 is 26.0 Å². The molecular weight excluding hydrogens is 364 g/mol. The Morgan fingerprint density at radius 2 is 1.84 bits per heavy atom. The van der Waals surface area contributed by atoms with Gasteiger partial charge in [-0.3, -0.25) is 4.79 Å². The van der Waals surface area contributed by atoms with E-state index in [1.807, 2.05) is 6.92 Å². The molecule has 138 valence electrons. The average molecular weight is 386 g/mol. The van der Waals surface area contributed by atoms with Crippen LogP contribution in [0.25, 0.3) is 0 Å². The van der Waals surface area contributed by atoms with Crippen LogP contribution in [-0.4, -0.2) is 45.4 Å². The Kier molecular flexibility index (Phi) is 4.91. The molecule has 9 heteroatoms. The number of carbonyl (C=O) groups excluding carboxylic acids is 1. The van der Waals surface area contributed by atoms with Crippen molar-refractivity contribution in [2.75, 3.05) is 16.6 Å². The van der Waals surface area contributed by atoms with E-state index in [4.69, 9.17) is 0 Å². The number of piperidine rings is 1. The van der Waals surface area contributed by atoms with Crippen molar-refractivity contribution in [3.63, 3.8) is 0 Å². The van der Waals surface area contributed by atoms with E-state index >= 15 is 0 Å². The van der Waals surface area contributed by atoms with Crippen LogP contribution in [0.4, 0.5) is 5.69 Å². The molecule has 1 aromatic carbocycles. The van der Waals surface area contributed by atoms with Gasteiger partial charge in [0, 0.05) is 19.0 Å². The fourth-order valence-electron chi connectivity index (χ4n) is 3.46. The minimum atomic E-state index is -3.65. The predicted octanol–water partition coefficient (Wildman–Crippen LogP) is 1.71. The highest BCUT2D eigenvalue weighted by molar-refractivity contribution is 7.94. The summed E-state index contributed by atoms with van der Waals surface area (Å²) in [6, 6.07) is 5.54. The lowest BCUT2D eigenvalue weighted by molar-refractivity contribution is -0.116. The summed E-state index contributed by atoms with van der Waals surface area (Å²) in [5, 5.41) is 0. The Morgan fingerprint density at radius 1 is 1.16 bits per heavy atom. The molecule has 2 aliphatic rings. The van der Waals surface area contributed by atoms with Gasteiger partial charge in [-0.15, -0.1) is 0 Å². The van der Waals surface area contributed by atoms with E-state index in [1.54, 1.807) is 4.31 Å². The number of amides is 1. The van der Waals surface area contributed by atoms with Crippen molar-refractivity contribution >= 4 is 31.6 Å². The maximum atomic E-state index is 12.9. The Bertz CT molecular complexity index is 862. The van der Waals surface area contributed by atoms with Crippen molar-refractivity contribution < 1.29 is 21.6 Å². The molecule has 0 N–H and O–H groups in total. The van der Waals surface area contributed by atoms with Crippen LogP contribution in [0.1, 0.15) is 39.0 Å². The molecule has 2 heterocycles. The molecule has 0 saturated carbocycles. The van der Waals surface area contributed by atoms with Crippen LogP contribution in [0.5, 0.6) is 0 Å². The monoisotopic (exact) mass is 386 g/mol. The summed E-state index contributed by atoms with van der Waals surface area (Å²) in [5.74, 6) is -0.699. The van der Waals surface area contributed by atoms with Gasteiger partial charge in [-0.05, 0) is 43.5 Å². The molecule has 0 radical (unpaired) electrons. The number of rotatable bonds is 4. The third kappa shape index (κ3) is 3.32. The Hall–Kier alpha value is -1.45. The second-order valence-electron chi connectivity index (χ2n) is 6.39. The molecule has 0 aliphatic carbocycles. The quantitative estimate of drug-likeness (QED) is 0.785.